The predicted octanol–water partition coefficient (Wildman–Crippen LogP) is 1.86. The molecule has 1 rings (SSSR count). The maximum absolute atomic E-state index is 13.8. The summed E-state index contributed by atoms with van der Waals surface area (Å²) >= 11 is 5.84. The molecule has 120 valence electrons. The van der Waals surface area contributed by atoms with Crippen molar-refractivity contribution in [3.8, 4) is 0 Å². The van der Waals surface area contributed by atoms with Crippen LogP contribution >= 0.6 is 11.6 Å². The van der Waals surface area contributed by atoms with Gasteiger partial charge in [0.25, 0.3) is 0 Å². The molecule has 0 fully saturated rings. The second-order valence-electron chi connectivity index (χ2n) is 4.58. The number of nitrogens with one attached hydrogen (secondary N) is 1. The number of methoxy groups -OCH3 is 1. The van der Waals surface area contributed by atoms with Crippen LogP contribution in [-0.2, 0) is 21.3 Å². The van der Waals surface area contributed by atoms with Crippen LogP contribution in [-0.4, -0.2) is 47.1 Å². The summed E-state index contributed by atoms with van der Waals surface area (Å²) in [7, 11) is 0.927. The third-order valence-electron chi connectivity index (χ3n) is 2.97. The second kappa shape index (κ2) is 8.05. The zero-order chi connectivity index (χ0) is 16.0. The summed E-state index contributed by atoms with van der Waals surface area (Å²) in [6.45, 7) is 1.04. The van der Waals surface area contributed by atoms with Gasteiger partial charge < -0.3 is 10.1 Å². The third-order valence-corrected chi connectivity index (χ3v) is 5.23. The minimum Gasteiger partial charge on any atom is -0.385 e. The molecule has 0 atom stereocenters. The van der Waals surface area contributed by atoms with Crippen LogP contribution in [0.5, 0.6) is 0 Å². The molecule has 0 aliphatic rings. The Morgan fingerprint density at radius 3 is 2.67 bits per heavy atom. The fourth-order valence-electron chi connectivity index (χ4n) is 1.82. The van der Waals surface area contributed by atoms with Crippen molar-refractivity contribution in [3.63, 3.8) is 0 Å². The van der Waals surface area contributed by atoms with Gasteiger partial charge in [-0.1, -0.05) is 11.6 Å². The van der Waals surface area contributed by atoms with Gasteiger partial charge in [-0.2, -0.15) is 0 Å². The van der Waals surface area contributed by atoms with Gasteiger partial charge in [0.1, 0.15) is 5.82 Å². The number of hydrogen-bond donors (Lipinski definition) is 1. The lowest BCUT2D eigenvalue weighted by Crippen LogP contribution is -2.29. The van der Waals surface area contributed by atoms with Crippen molar-refractivity contribution in [3.05, 3.63) is 28.5 Å². The van der Waals surface area contributed by atoms with Crippen molar-refractivity contribution in [2.45, 2.75) is 17.9 Å². The number of nitrogens with zero attached hydrogens (tertiary/aromatic N) is 1. The molecule has 0 unspecified atom stereocenters. The van der Waals surface area contributed by atoms with Crippen LogP contribution in [0.25, 0.3) is 0 Å². The molecule has 0 aliphatic heterocycles. The van der Waals surface area contributed by atoms with Crippen LogP contribution in [0.2, 0.25) is 5.02 Å². The number of ether oxygens (including phenoxy) is 1. The van der Waals surface area contributed by atoms with E-state index in [0.29, 0.717) is 25.1 Å². The first-order valence-electron chi connectivity index (χ1n) is 6.42. The molecule has 0 radical (unpaired) electrons. The average molecular weight is 339 g/mol. The first-order chi connectivity index (χ1) is 9.84. The monoisotopic (exact) mass is 338 g/mol. The summed E-state index contributed by atoms with van der Waals surface area (Å²) in [6, 6.07) is 2.34. The molecule has 1 N–H and O–H groups in total. The van der Waals surface area contributed by atoms with Crippen molar-refractivity contribution in [2.24, 2.45) is 0 Å². The minimum absolute atomic E-state index is 0.0645. The molecular formula is C13H20ClFN2O3S. The molecule has 5 nitrogen and oxygen atoms in total. The van der Waals surface area contributed by atoms with Gasteiger partial charge in [0.05, 0.1) is 9.92 Å². The molecule has 1 aromatic carbocycles. The molecule has 0 aromatic heterocycles. The van der Waals surface area contributed by atoms with Crippen LogP contribution in [0.15, 0.2) is 17.0 Å². The molecule has 0 heterocycles. The average Bonchev–Trinajstić information content (AvgIpc) is 2.43. The zero-order valence-electron chi connectivity index (χ0n) is 12.3. The van der Waals surface area contributed by atoms with Gasteiger partial charge in [-0.05, 0) is 31.2 Å². The Kier molecular flexibility index (Phi) is 7.02. The quantitative estimate of drug-likeness (QED) is 0.735. The van der Waals surface area contributed by atoms with Gasteiger partial charge in [-0.25, -0.2) is 17.1 Å². The Hall–Kier alpha value is -0.730. The summed E-state index contributed by atoms with van der Waals surface area (Å²) in [4.78, 5) is -0.102. The van der Waals surface area contributed by atoms with Crippen LogP contribution in [0.3, 0.4) is 0 Å². The summed E-state index contributed by atoms with van der Waals surface area (Å²) in [5.74, 6) is -0.742. The Morgan fingerprint density at radius 2 is 2.10 bits per heavy atom. The fraction of sp³-hybridized carbons (Fsp3) is 0.538. The highest BCUT2D eigenvalue weighted by molar-refractivity contribution is 7.89. The third kappa shape index (κ3) is 4.62. The number of benzene rings is 1. The van der Waals surface area contributed by atoms with Gasteiger partial charge in [0.15, 0.2) is 0 Å². The molecule has 0 bridgehead atoms. The summed E-state index contributed by atoms with van der Waals surface area (Å²) in [6.07, 6.45) is 0.561. The molecular weight excluding hydrogens is 319 g/mol. The zero-order valence-corrected chi connectivity index (χ0v) is 13.9. The lowest BCUT2D eigenvalue weighted by atomic mass is 10.2. The van der Waals surface area contributed by atoms with Crippen molar-refractivity contribution in [1.82, 2.24) is 9.62 Å². The predicted molar refractivity (Wildman–Crippen MR) is 80.5 cm³/mol. The Morgan fingerprint density at radius 1 is 1.43 bits per heavy atom. The van der Waals surface area contributed by atoms with Crippen LogP contribution in [0.1, 0.15) is 12.0 Å². The van der Waals surface area contributed by atoms with E-state index in [1.165, 1.54) is 17.4 Å². The highest BCUT2D eigenvalue weighted by atomic mass is 35.5. The minimum atomic E-state index is -3.75. The summed E-state index contributed by atoms with van der Waals surface area (Å²) < 4.78 is 44.7. The normalized spacial score (nSPS) is 12.1. The molecule has 0 aliphatic carbocycles. The molecule has 0 spiro atoms. The molecule has 0 saturated heterocycles. The molecule has 0 amide bonds. The standard InChI is InChI=1S/C13H20ClFN2O3S/c1-16-9-10-7-11(8-12(15)13(10)14)21(18,19)17(2)5-4-6-20-3/h7-8,16H,4-6,9H2,1-3H3. The SMILES string of the molecule is CNCc1cc(S(=O)(=O)N(C)CCCOC)cc(F)c1Cl. The van der Waals surface area contributed by atoms with Gasteiger partial charge in [-0.15, -0.1) is 0 Å². The summed E-state index contributed by atoms with van der Waals surface area (Å²) in [5, 5.41) is 2.76. The number of halogens is 2. The van der Waals surface area contributed by atoms with Crippen molar-refractivity contribution < 1.29 is 17.5 Å². The van der Waals surface area contributed by atoms with E-state index in [2.05, 4.69) is 5.32 Å². The molecule has 1 aromatic rings. The highest BCUT2D eigenvalue weighted by Gasteiger charge is 2.23. The van der Waals surface area contributed by atoms with Gasteiger partial charge >= 0.3 is 0 Å². The number of hydrogen-bond acceptors (Lipinski definition) is 4. The first kappa shape index (κ1) is 18.3. The Bertz CT molecular complexity index is 581. The van der Waals surface area contributed by atoms with E-state index in [0.717, 1.165) is 6.07 Å². The summed E-state index contributed by atoms with van der Waals surface area (Å²) in [5.41, 5.74) is 0.406. The van der Waals surface area contributed by atoms with Crippen LogP contribution < -0.4 is 5.32 Å². The maximum Gasteiger partial charge on any atom is 0.242 e. The Labute approximate surface area is 130 Å². The number of rotatable bonds is 8. The number of sulfonamides is 1. The largest absolute Gasteiger partial charge is 0.385 e. The maximum atomic E-state index is 13.8. The Balaban J connectivity index is 3.07. The fourth-order valence-corrected chi connectivity index (χ4v) is 3.27. The van der Waals surface area contributed by atoms with E-state index in [9.17, 15) is 12.8 Å². The smallest absolute Gasteiger partial charge is 0.242 e. The van der Waals surface area contributed by atoms with E-state index in [4.69, 9.17) is 16.3 Å². The van der Waals surface area contributed by atoms with Gasteiger partial charge in [-0.3, -0.25) is 0 Å². The van der Waals surface area contributed by atoms with Crippen LogP contribution in [0.4, 0.5) is 4.39 Å². The van der Waals surface area contributed by atoms with Crippen molar-refractivity contribution >= 4 is 21.6 Å². The molecule has 8 heteroatoms. The van der Waals surface area contributed by atoms with E-state index >= 15 is 0 Å². The lowest BCUT2D eigenvalue weighted by molar-refractivity contribution is 0.189. The van der Waals surface area contributed by atoms with E-state index < -0.39 is 15.8 Å². The van der Waals surface area contributed by atoms with E-state index in [-0.39, 0.29) is 16.5 Å². The highest BCUT2D eigenvalue weighted by Crippen LogP contribution is 2.26. The van der Waals surface area contributed by atoms with Gasteiger partial charge in [0.2, 0.25) is 10.0 Å². The molecule has 21 heavy (non-hydrogen) atoms. The van der Waals surface area contributed by atoms with Crippen LogP contribution in [0, 0.1) is 5.82 Å². The van der Waals surface area contributed by atoms with E-state index in [1.807, 2.05) is 0 Å². The molecule has 0 saturated carbocycles. The first-order valence-corrected chi connectivity index (χ1v) is 8.24. The topological polar surface area (TPSA) is 58.6 Å². The van der Waals surface area contributed by atoms with Crippen molar-refractivity contribution in [2.75, 3.05) is 34.4 Å². The van der Waals surface area contributed by atoms with Crippen molar-refractivity contribution in [1.29, 1.82) is 0 Å². The van der Waals surface area contributed by atoms with Gasteiger partial charge in [0, 0.05) is 33.9 Å². The van der Waals surface area contributed by atoms with E-state index in [1.54, 1.807) is 14.2 Å². The second-order valence-corrected chi connectivity index (χ2v) is 7.00. The lowest BCUT2D eigenvalue weighted by Gasteiger charge is -2.18.